The Morgan fingerprint density at radius 2 is 2.33 bits per heavy atom. The predicted molar refractivity (Wildman–Crippen MR) is 60.6 cm³/mol. The van der Waals surface area contributed by atoms with Gasteiger partial charge in [-0.3, -0.25) is 0 Å². The summed E-state index contributed by atoms with van der Waals surface area (Å²) in [5.74, 6) is -0.177. The van der Waals surface area contributed by atoms with Crippen molar-refractivity contribution >= 4 is 17.3 Å². The molecule has 1 aromatic heterocycles. The number of esters is 1. The number of fused-ring (bicyclic) bond motifs is 1. The Hall–Kier alpha value is -0.870. The quantitative estimate of drug-likeness (QED) is 0.777. The van der Waals surface area contributed by atoms with Crippen molar-refractivity contribution in [2.24, 2.45) is 0 Å². The van der Waals surface area contributed by atoms with Gasteiger partial charge in [0.1, 0.15) is 4.88 Å². The van der Waals surface area contributed by atoms with Crippen LogP contribution in [0.5, 0.6) is 0 Å². The van der Waals surface area contributed by atoms with E-state index in [-0.39, 0.29) is 5.97 Å². The summed E-state index contributed by atoms with van der Waals surface area (Å²) >= 11 is 1.58. The van der Waals surface area contributed by atoms with Crippen LogP contribution in [-0.2, 0) is 17.6 Å². The average Bonchev–Trinajstić information content (AvgIpc) is 2.51. The van der Waals surface area contributed by atoms with E-state index in [1.165, 1.54) is 10.4 Å². The van der Waals surface area contributed by atoms with Crippen LogP contribution in [0, 0.1) is 0 Å². The Balaban J connectivity index is 2.18. The molecule has 0 radical (unpaired) electrons. The summed E-state index contributed by atoms with van der Waals surface area (Å²) in [4.78, 5) is 13.6. The van der Waals surface area contributed by atoms with Crippen LogP contribution in [0.1, 0.15) is 27.0 Å². The molecule has 1 aliphatic rings. The fraction of sp³-hybridized carbons (Fsp3) is 0.545. The first kappa shape index (κ1) is 10.6. The topological polar surface area (TPSA) is 38.3 Å². The van der Waals surface area contributed by atoms with Crippen LogP contribution >= 0.6 is 11.3 Å². The molecule has 1 aromatic rings. The molecule has 2 rings (SSSR count). The van der Waals surface area contributed by atoms with Crippen molar-refractivity contribution in [3.05, 3.63) is 21.4 Å². The van der Waals surface area contributed by atoms with Gasteiger partial charge in [0.05, 0.1) is 6.61 Å². The zero-order valence-electron chi connectivity index (χ0n) is 8.84. The summed E-state index contributed by atoms with van der Waals surface area (Å²) in [6.45, 7) is 4.30. The van der Waals surface area contributed by atoms with Crippen LogP contribution in [0.25, 0.3) is 0 Å². The van der Waals surface area contributed by atoms with Crippen molar-refractivity contribution in [2.75, 3.05) is 19.7 Å². The van der Waals surface area contributed by atoms with E-state index in [4.69, 9.17) is 4.74 Å². The highest BCUT2D eigenvalue weighted by molar-refractivity contribution is 7.14. The van der Waals surface area contributed by atoms with Gasteiger partial charge in [0.2, 0.25) is 0 Å². The number of carbonyl (C=O) groups excluding carboxylic acids is 1. The van der Waals surface area contributed by atoms with Crippen molar-refractivity contribution in [3.8, 4) is 0 Å². The largest absolute Gasteiger partial charge is 0.462 e. The Labute approximate surface area is 93.4 Å². The van der Waals surface area contributed by atoms with Crippen LogP contribution in [0.2, 0.25) is 0 Å². The molecule has 4 heteroatoms. The zero-order valence-corrected chi connectivity index (χ0v) is 9.65. The first-order valence-corrected chi connectivity index (χ1v) is 6.12. The number of rotatable bonds is 2. The Morgan fingerprint density at radius 1 is 1.53 bits per heavy atom. The lowest BCUT2D eigenvalue weighted by atomic mass is 10.1. The molecule has 0 aliphatic carbocycles. The number of ether oxygens (including phenoxy) is 1. The van der Waals surface area contributed by atoms with Gasteiger partial charge < -0.3 is 10.1 Å². The minimum absolute atomic E-state index is 0.177. The molecule has 0 unspecified atom stereocenters. The molecule has 0 saturated carbocycles. The third-order valence-corrected chi connectivity index (χ3v) is 3.69. The average molecular weight is 225 g/mol. The van der Waals surface area contributed by atoms with Crippen LogP contribution in [0.15, 0.2) is 6.07 Å². The molecule has 0 spiro atoms. The van der Waals surface area contributed by atoms with E-state index >= 15 is 0 Å². The van der Waals surface area contributed by atoms with Gasteiger partial charge in [0, 0.05) is 4.88 Å². The van der Waals surface area contributed by atoms with Crippen LogP contribution in [-0.4, -0.2) is 25.7 Å². The zero-order chi connectivity index (χ0) is 10.7. The molecule has 0 amide bonds. The Kier molecular flexibility index (Phi) is 3.38. The number of thiophene rings is 1. The van der Waals surface area contributed by atoms with Gasteiger partial charge in [0.15, 0.2) is 0 Å². The van der Waals surface area contributed by atoms with Gasteiger partial charge in [-0.25, -0.2) is 4.79 Å². The highest BCUT2D eigenvalue weighted by atomic mass is 32.1. The van der Waals surface area contributed by atoms with Gasteiger partial charge in [-0.05, 0) is 44.5 Å². The summed E-state index contributed by atoms with van der Waals surface area (Å²) in [5, 5.41) is 3.34. The van der Waals surface area contributed by atoms with E-state index in [1.807, 2.05) is 13.0 Å². The lowest BCUT2D eigenvalue weighted by Crippen LogP contribution is -2.16. The standard InChI is InChI=1S/C11H15NO2S/c1-2-14-11(13)10-7-8-3-5-12-6-4-9(8)15-10/h7,12H,2-6H2,1H3. The second kappa shape index (κ2) is 4.77. The molecular weight excluding hydrogens is 210 g/mol. The number of nitrogens with one attached hydrogen (secondary N) is 1. The van der Waals surface area contributed by atoms with Crippen LogP contribution < -0.4 is 5.32 Å². The second-order valence-corrected chi connectivity index (χ2v) is 4.67. The summed E-state index contributed by atoms with van der Waals surface area (Å²) < 4.78 is 4.99. The normalized spacial score (nSPS) is 15.5. The van der Waals surface area contributed by atoms with Crippen LogP contribution in [0.3, 0.4) is 0 Å². The van der Waals surface area contributed by atoms with Gasteiger partial charge in [-0.2, -0.15) is 0 Å². The molecule has 0 fully saturated rings. The molecular formula is C11H15NO2S. The maximum absolute atomic E-state index is 11.5. The third kappa shape index (κ3) is 2.38. The first-order valence-electron chi connectivity index (χ1n) is 5.30. The molecule has 82 valence electrons. The maximum Gasteiger partial charge on any atom is 0.348 e. The summed E-state index contributed by atoms with van der Waals surface area (Å²) in [6.07, 6.45) is 2.05. The van der Waals surface area contributed by atoms with E-state index < -0.39 is 0 Å². The van der Waals surface area contributed by atoms with Crippen molar-refractivity contribution in [1.82, 2.24) is 5.32 Å². The SMILES string of the molecule is CCOC(=O)c1cc2c(s1)CCNCC2. The summed E-state index contributed by atoms with van der Waals surface area (Å²) in [7, 11) is 0. The molecule has 0 atom stereocenters. The molecule has 3 nitrogen and oxygen atoms in total. The van der Waals surface area contributed by atoms with E-state index in [0.717, 1.165) is 30.8 Å². The van der Waals surface area contributed by atoms with E-state index in [1.54, 1.807) is 11.3 Å². The van der Waals surface area contributed by atoms with E-state index in [9.17, 15) is 4.79 Å². The van der Waals surface area contributed by atoms with Crippen molar-refractivity contribution < 1.29 is 9.53 Å². The number of hydrogen-bond donors (Lipinski definition) is 1. The lowest BCUT2D eigenvalue weighted by Gasteiger charge is -1.98. The number of carbonyl (C=O) groups is 1. The highest BCUT2D eigenvalue weighted by Crippen LogP contribution is 2.25. The fourth-order valence-electron chi connectivity index (χ4n) is 1.74. The third-order valence-electron chi connectivity index (χ3n) is 2.47. The molecule has 0 bridgehead atoms. The molecule has 1 N–H and O–H groups in total. The summed E-state index contributed by atoms with van der Waals surface area (Å²) in [5.41, 5.74) is 1.31. The highest BCUT2D eigenvalue weighted by Gasteiger charge is 2.16. The van der Waals surface area contributed by atoms with Gasteiger partial charge in [-0.15, -0.1) is 11.3 Å². The van der Waals surface area contributed by atoms with Crippen molar-refractivity contribution in [1.29, 1.82) is 0 Å². The van der Waals surface area contributed by atoms with Crippen LogP contribution in [0.4, 0.5) is 0 Å². The molecule has 1 aliphatic heterocycles. The Morgan fingerprint density at radius 3 is 3.13 bits per heavy atom. The van der Waals surface area contributed by atoms with Gasteiger partial charge in [0.25, 0.3) is 0 Å². The predicted octanol–water partition coefficient (Wildman–Crippen LogP) is 1.61. The van der Waals surface area contributed by atoms with E-state index in [0.29, 0.717) is 6.61 Å². The molecule has 0 aromatic carbocycles. The summed E-state index contributed by atoms with van der Waals surface area (Å²) in [6, 6.07) is 1.99. The monoisotopic (exact) mass is 225 g/mol. The second-order valence-electron chi connectivity index (χ2n) is 3.53. The number of hydrogen-bond acceptors (Lipinski definition) is 4. The fourth-order valence-corrected chi connectivity index (χ4v) is 2.85. The Bertz CT molecular complexity index is 336. The first-order chi connectivity index (χ1) is 7.31. The minimum Gasteiger partial charge on any atom is -0.462 e. The van der Waals surface area contributed by atoms with Crippen molar-refractivity contribution in [2.45, 2.75) is 19.8 Å². The molecule has 0 saturated heterocycles. The van der Waals surface area contributed by atoms with E-state index in [2.05, 4.69) is 5.32 Å². The van der Waals surface area contributed by atoms with Crippen molar-refractivity contribution in [3.63, 3.8) is 0 Å². The smallest absolute Gasteiger partial charge is 0.348 e. The maximum atomic E-state index is 11.5. The minimum atomic E-state index is -0.177. The molecule has 2 heterocycles. The van der Waals surface area contributed by atoms with Gasteiger partial charge >= 0.3 is 5.97 Å². The molecule has 15 heavy (non-hydrogen) atoms. The van der Waals surface area contributed by atoms with Gasteiger partial charge in [-0.1, -0.05) is 0 Å². The lowest BCUT2D eigenvalue weighted by molar-refractivity contribution is 0.0532.